The van der Waals surface area contributed by atoms with Crippen molar-refractivity contribution in [2.75, 3.05) is 5.32 Å². The number of rotatable bonds is 5. The molecule has 0 aliphatic carbocycles. The number of anilines is 1. The molecule has 0 atom stereocenters. The van der Waals surface area contributed by atoms with Crippen LogP contribution in [0.5, 0.6) is 0 Å². The standard InChI is InChI=1S/C24H22N2O3/c1-15-6-4-7-19(12-15)25-22-21(18-10-9-16(2)17(3)13-18)23(27)26(24(22)28)14-20-8-5-11-29-20/h4-13,25H,14H2,1-3H3. The summed E-state index contributed by atoms with van der Waals surface area (Å²) in [5.41, 5.74) is 5.42. The number of furan rings is 1. The summed E-state index contributed by atoms with van der Waals surface area (Å²) in [6.07, 6.45) is 1.53. The van der Waals surface area contributed by atoms with Crippen LogP contribution in [0.25, 0.3) is 5.57 Å². The fourth-order valence-corrected chi connectivity index (χ4v) is 3.43. The smallest absolute Gasteiger partial charge is 0.278 e. The largest absolute Gasteiger partial charge is 0.467 e. The zero-order chi connectivity index (χ0) is 20.5. The highest BCUT2D eigenvalue weighted by molar-refractivity contribution is 6.36. The van der Waals surface area contributed by atoms with E-state index in [-0.39, 0.29) is 24.1 Å². The van der Waals surface area contributed by atoms with Gasteiger partial charge in [0.05, 0.1) is 18.4 Å². The monoisotopic (exact) mass is 386 g/mol. The van der Waals surface area contributed by atoms with Gasteiger partial charge in [0, 0.05) is 5.69 Å². The summed E-state index contributed by atoms with van der Waals surface area (Å²) in [6.45, 7) is 6.09. The minimum Gasteiger partial charge on any atom is -0.467 e. The molecule has 5 heteroatoms. The van der Waals surface area contributed by atoms with E-state index in [9.17, 15) is 9.59 Å². The van der Waals surface area contributed by atoms with Gasteiger partial charge in [-0.2, -0.15) is 0 Å². The van der Waals surface area contributed by atoms with Crippen molar-refractivity contribution in [3.63, 3.8) is 0 Å². The molecule has 0 radical (unpaired) electrons. The van der Waals surface area contributed by atoms with Gasteiger partial charge in [-0.05, 0) is 67.3 Å². The predicted octanol–water partition coefficient (Wildman–Crippen LogP) is 4.60. The third-order valence-electron chi connectivity index (χ3n) is 5.15. The molecule has 2 amide bonds. The first-order valence-corrected chi connectivity index (χ1v) is 9.48. The van der Waals surface area contributed by atoms with Crippen LogP contribution in [0.3, 0.4) is 0 Å². The van der Waals surface area contributed by atoms with Crippen LogP contribution in [0.4, 0.5) is 5.69 Å². The first-order valence-electron chi connectivity index (χ1n) is 9.48. The van der Waals surface area contributed by atoms with Gasteiger partial charge in [-0.25, -0.2) is 0 Å². The molecule has 0 fully saturated rings. The van der Waals surface area contributed by atoms with E-state index in [0.29, 0.717) is 11.3 Å². The Kier molecular flexibility index (Phi) is 4.80. The summed E-state index contributed by atoms with van der Waals surface area (Å²) >= 11 is 0. The number of amides is 2. The molecule has 0 spiro atoms. The SMILES string of the molecule is Cc1cccc(NC2=C(c3ccc(C)c(C)c3)C(=O)N(Cc3ccco3)C2=O)c1. The van der Waals surface area contributed by atoms with Gasteiger partial charge in [0.25, 0.3) is 11.8 Å². The Bertz CT molecular complexity index is 1130. The lowest BCUT2D eigenvalue weighted by Crippen LogP contribution is -2.31. The predicted molar refractivity (Wildman–Crippen MR) is 112 cm³/mol. The number of carbonyl (C=O) groups is 2. The summed E-state index contributed by atoms with van der Waals surface area (Å²) in [6, 6.07) is 17.0. The maximum Gasteiger partial charge on any atom is 0.278 e. The number of carbonyl (C=O) groups excluding carboxylic acids is 2. The lowest BCUT2D eigenvalue weighted by molar-refractivity contribution is -0.137. The zero-order valence-electron chi connectivity index (χ0n) is 16.7. The number of hydrogen-bond donors (Lipinski definition) is 1. The Morgan fingerprint density at radius 3 is 2.41 bits per heavy atom. The van der Waals surface area contributed by atoms with Crippen molar-refractivity contribution in [1.29, 1.82) is 0 Å². The lowest BCUT2D eigenvalue weighted by atomic mass is 9.99. The van der Waals surface area contributed by atoms with E-state index in [1.165, 1.54) is 11.2 Å². The molecule has 0 bridgehead atoms. The van der Waals surface area contributed by atoms with E-state index in [1.54, 1.807) is 12.1 Å². The zero-order valence-corrected chi connectivity index (χ0v) is 16.7. The van der Waals surface area contributed by atoms with Crippen molar-refractivity contribution in [3.8, 4) is 0 Å². The van der Waals surface area contributed by atoms with Gasteiger partial charge in [-0.1, -0.05) is 30.3 Å². The molecular weight excluding hydrogens is 364 g/mol. The Labute approximate surface area is 169 Å². The number of hydrogen-bond acceptors (Lipinski definition) is 4. The molecule has 146 valence electrons. The molecule has 0 saturated heterocycles. The van der Waals surface area contributed by atoms with E-state index < -0.39 is 0 Å². The van der Waals surface area contributed by atoms with Crippen LogP contribution in [-0.2, 0) is 16.1 Å². The summed E-state index contributed by atoms with van der Waals surface area (Å²) in [5, 5.41) is 3.19. The fourth-order valence-electron chi connectivity index (χ4n) is 3.43. The van der Waals surface area contributed by atoms with Crippen LogP contribution in [0.15, 0.2) is 71.0 Å². The van der Waals surface area contributed by atoms with E-state index in [4.69, 9.17) is 4.42 Å². The molecule has 5 nitrogen and oxygen atoms in total. The second kappa shape index (κ2) is 7.43. The second-order valence-electron chi connectivity index (χ2n) is 7.32. The van der Waals surface area contributed by atoms with Crippen LogP contribution in [0.1, 0.15) is 28.0 Å². The van der Waals surface area contributed by atoms with Gasteiger partial charge in [0.15, 0.2) is 0 Å². The van der Waals surface area contributed by atoms with Crippen LogP contribution in [0.2, 0.25) is 0 Å². The molecular formula is C24H22N2O3. The summed E-state index contributed by atoms with van der Waals surface area (Å²) < 4.78 is 5.35. The normalized spacial score (nSPS) is 14.1. The van der Waals surface area contributed by atoms with Crippen molar-refractivity contribution in [2.45, 2.75) is 27.3 Å². The maximum absolute atomic E-state index is 13.3. The van der Waals surface area contributed by atoms with Crippen LogP contribution in [0, 0.1) is 20.8 Å². The van der Waals surface area contributed by atoms with E-state index >= 15 is 0 Å². The van der Waals surface area contributed by atoms with E-state index in [2.05, 4.69) is 5.32 Å². The minimum absolute atomic E-state index is 0.0952. The number of benzene rings is 2. The summed E-state index contributed by atoms with van der Waals surface area (Å²) in [5.74, 6) is -0.131. The van der Waals surface area contributed by atoms with Crippen LogP contribution < -0.4 is 5.32 Å². The topological polar surface area (TPSA) is 62.6 Å². The van der Waals surface area contributed by atoms with E-state index in [0.717, 1.165) is 27.9 Å². The van der Waals surface area contributed by atoms with Crippen molar-refractivity contribution in [1.82, 2.24) is 4.90 Å². The Morgan fingerprint density at radius 1 is 0.897 bits per heavy atom. The van der Waals surface area contributed by atoms with E-state index in [1.807, 2.05) is 63.2 Å². The highest BCUT2D eigenvalue weighted by Gasteiger charge is 2.39. The van der Waals surface area contributed by atoms with Gasteiger partial charge >= 0.3 is 0 Å². The van der Waals surface area contributed by atoms with Crippen LogP contribution >= 0.6 is 0 Å². The highest BCUT2D eigenvalue weighted by Crippen LogP contribution is 2.32. The molecule has 1 N–H and O–H groups in total. The Balaban J connectivity index is 1.78. The lowest BCUT2D eigenvalue weighted by Gasteiger charge is -2.13. The molecule has 1 aliphatic rings. The maximum atomic E-state index is 13.3. The quantitative estimate of drug-likeness (QED) is 0.651. The third-order valence-corrected chi connectivity index (χ3v) is 5.15. The van der Waals surface area contributed by atoms with Crippen molar-refractivity contribution in [2.24, 2.45) is 0 Å². The van der Waals surface area contributed by atoms with Crippen molar-refractivity contribution < 1.29 is 14.0 Å². The number of aryl methyl sites for hydroxylation is 3. The average Bonchev–Trinajstić information content (AvgIpc) is 3.28. The number of nitrogens with one attached hydrogen (secondary N) is 1. The third kappa shape index (κ3) is 3.59. The molecule has 3 aromatic rings. The fraction of sp³-hybridized carbons (Fsp3) is 0.167. The molecule has 2 aromatic carbocycles. The van der Waals surface area contributed by atoms with Crippen LogP contribution in [-0.4, -0.2) is 16.7 Å². The first kappa shape index (κ1) is 18.7. The Hall–Kier alpha value is -3.60. The summed E-state index contributed by atoms with van der Waals surface area (Å²) in [4.78, 5) is 27.7. The molecule has 0 unspecified atom stereocenters. The second-order valence-corrected chi connectivity index (χ2v) is 7.32. The molecule has 1 aliphatic heterocycles. The highest BCUT2D eigenvalue weighted by atomic mass is 16.3. The van der Waals surface area contributed by atoms with Gasteiger partial charge in [-0.15, -0.1) is 0 Å². The van der Waals surface area contributed by atoms with Gasteiger partial charge in [0.1, 0.15) is 11.5 Å². The molecule has 1 aromatic heterocycles. The molecule has 29 heavy (non-hydrogen) atoms. The van der Waals surface area contributed by atoms with Gasteiger partial charge in [0.2, 0.25) is 0 Å². The Morgan fingerprint density at radius 2 is 1.72 bits per heavy atom. The number of imide groups is 1. The minimum atomic E-state index is -0.360. The van der Waals surface area contributed by atoms with Gasteiger partial charge in [-0.3, -0.25) is 14.5 Å². The first-order chi connectivity index (χ1) is 13.9. The molecule has 4 rings (SSSR count). The number of nitrogens with zero attached hydrogens (tertiary/aromatic N) is 1. The van der Waals surface area contributed by atoms with Crippen molar-refractivity contribution in [3.05, 3.63) is 94.6 Å². The summed E-state index contributed by atoms with van der Waals surface area (Å²) in [7, 11) is 0. The van der Waals surface area contributed by atoms with Crippen molar-refractivity contribution >= 4 is 23.1 Å². The van der Waals surface area contributed by atoms with Gasteiger partial charge < -0.3 is 9.73 Å². The average molecular weight is 386 g/mol. The molecule has 2 heterocycles. The molecule has 0 saturated carbocycles.